The van der Waals surface area contributed by atoms with Crippen molar-refractivity contribution >= 4 is 34.8 Å². The molecule has 2 aromatic rings. The second-order valence-corrected chi connectivity index (χ2v) is 7.98. The van der Waals surface area contributed by atoms with Gasteiger partial charge in [0, 0.05) is 0 Å². The van der Waals surface area contributed by atoms with Crippen LogP contribution in [0.3, 0.4) is 0 Å². The Bertz CT molecular complexity index is 1800. The molecule has 220 valence electrons. The summed E-state index contributed by atoms with van der Waals surface area (Å²) in [5, 5.41) is 68.2. The van der Waals surface area contributed by atoms with E-state index in [1.54, 1.807) is 12.1 Å². The van der Waals surface area contributed by atoms with Gasteiger partial charge in [-0.2, -0.15) is 49.1 Å². The van der Waals surface area contributed by atoms with Gasteiger partial charge in [-0.15, -0.1) is 0 Å². The van der Waals surface area contributed by atoms with Crippen LogP contribution in [-0.2, 0) is 9.59 Å². The van der Waals surface area contributed by atoms with Gasteiger partial charge in [0.2, 0.25) is 34.8 Å². The maximum atomic E-state index is 13.4. The summed E-state index contributed by atoms with van der Waals surface area (Å²) < 4.78 is 61.3. The number of carbonyl (C=O) groups excluding carboxylic acids is 2. The van der Waals surface area contributed by atoms with E-state index in [4.69, 9.17) is 65.0 Å². The first-order valence-corrected chi connectivity index (χ1v) is 11.3. The van der Waals surface area contributed by atoms with Crippen molar-refractivity contribution in [3.63, 3.8) is 0 Å². The topological polar surface area (TPSA) is 236 Å². The molecular formula is C26H8Cl2F4N6O6. The maximum Gasteiger partial charge on any atom is 0.218 e. The molecule has 12 nitrogen and oxygen atoms in total. The van der Waals surface area contributed by atoms with Gasteiger partial charge < -0.3 is 19.7 Å². The van der Waals surface area contributed by atoms with E-state index in [0.717, 1.165) is 14.2 Å². The molecule has 0 heterocycles. The number of rotatable bonds is 2. The molecule has 1 aliphatic rings. The minimum absolute atomic E-state index is 0.388. The van der Waals surface area contributed by atoms with Crippen molar-refractivity contribution in [3.8, 4) is 59.4 Å². The Hall–Kier alpha value is -6.30. The first-order chi connectivity index (χ1) is 20.7. The number of methoxy groups -OCH3 is 2. The highest BCUT2D eigenvalue weighted by Crippen LogP contribution is 2.36. The van der Waals surface area contributed by atoms with E-state index in [0.29, 0.717) is 0 Å². The van der Waals surface area contributed by atoms with Crippen LogP contribution >= 0.6 is 23.2 Å². The molecule has 0 saturated carbocycles. The summed E-state index contributed by atoms with van der Waals surface area (Å²) in [5.41, 5.74) is -3.48. The number of hydrogen-bond donors (Lipinski definition) is 2. The predicted molar refractivity (Wildman–Crippen MR) is 135 cm³/mol. The van der Waals surface area contributed by atoms with Crippen molar-refractivity contribution in [2.24, 2.45) is 0 Å². The van der Waals surface area contributed by atoms with Crippen LogP contribution in [0.25, 0.3) is 0 Å². The molecule has 0 aliphatic heterocycles. The second-order valence-electron chi connectivity index (χ2n) is 7.23. The van der Waals surface area contributed by atoms with Gasteiger partial charge in [-0.1, -0.05) is 23.2 Å². The number of nitriles is 6. The lowest BCUT2D eigenvalue weighted by Gasteiger charge is -2.10. The minimum Gasteiger partial charge on any atom is -0.504 e. The smallest absolute Gasteiger partial charge is 0.218 e. The average molecular weight is 647 g/mol. The van der Waals surface area contributed by atoms with Crippen molar-refractivity contribution in [3.05, 3.63) is 66.7 Å². The third-order valence-corrected chi connectivity index (χ3v) is 5.82. The molecular weight excluding hydrogens is 639 g/mol. The highest BCUT2D eigenvalue weighted by molar-refractivity contribution is 6.59. The molecule has 18 heteroatoms. The zero-order valence-corrected chi connectivity index (χ0v) is 23.0. The molecule has 2 N–H and O–H groups in total. The number of nitrogens with zero attached hydrogens (tertiary/aromatic N) is 6. The van der Waals surface area contributed by atoms with Crippen LogP contribution in [-0.4, -0.2) is 36.0 Å². The number of Topliss-reactive ketones (excluding diaryl/α,β-unsaturated/α-hetero) is 2. The van der Waals surface area contributed by atoms with E-state index in [1.165, 1.54) is 24.3 Å². The molecule has 0 radical (unpaired) electrons. The van der Waals surface area contributed by atoms with Crippen molar-refractivity contribution < 1.29 is 46.8 Å². The predicted octanol–water partition coefficient (Wildman–Crippen LogP) is 4.02. The number of phenolic OH excluding ortho intramolecular Hbond substituents is 2. The number of hydrogen-bond acceptors (Lipinski definition) is 12. The number of carbonyl (C=O) groups is 2. The lowest BCUT2D eigenvalue weighted by Crippen LogP contribution is -2.18. The van der Waals surface area contributed by atoms with Crippen LogP contribution in [0.1, 0.15) is 22.3 Å². The van der Waals surface area contributed by atoms with E-state index < -0.39 is 90.2 Å². The Morgan fingerprint density at radius 1 is 0.545 bits per heavy atom. The largest absolute Gasteiger partial charge is 0.504 e. The first kappa shape index (κ1) is 35.7. The van der Waals surface area contributed by atoms with Gasteiger partial charge in [0.1, 0.15) is 79.9 Å². The molecule has 0 bridgehead atoms. The summed E-state index contributed by atoms with van der Waals surface area (Å²) in [6, 6.07) is 8.61. The fraction of sp³-hybridized carbons (Fsp3) is 0.0769. The molecule has 0 saturated heterocycles. The minimum atomic E-state index is -1.75. The zero-order valence-electron chi connectivity index (χ0n) is 21.5. The summed E-state index contributed by atoms with van der Waals surface area (Å²) >= 11 is 10.8. The fourth-order valence-electron chi connectivity index (χ4n) is 2.98. The fourth-order valence-corrected chi connectivity index (χ4v) is 3.34. The number of benzene rings is 2. The van der Waals surface area contributed by atoms with Crippen LogP contribution in [0.15, 0.2) is 21.2 Å². The highest BCUT2D eigenvalue weighted by atomic mass is 35.5. The van der Waals surface area contributed by atoms with Crippen molar-refractivity contribution in [2.75, 3.05) is 14.2 Å². The molecule has 0 spiro atoms. The van der Waals surface area contributed by atoms with Gasteiger partial charge in [-0.3, -0.25) is 9.59 Å². The monoisotopic (exact) mass is 646 g/mol. The van der Waals surface area contributed by atoms with E-state index in [2.05, 4.69) is 9.47 Å². The summed E-state index contributed by atoms with van der Waals surface area (Å²) in [6.07, 6.45) is 0. The number of aromatic hydroxyl groups is 2. The molecule has 0 atom stereocenters. The summed E-state index contributed by atoms with van der Waals surface area (Å²) in [5.74, 6) is -11.8. The number of halogens is 6. The Balaban J connectivity index is 0.000000331. The van der Waals surface area contributed by atoms with E-state index >= 15 is 0 Å². The van der Waals surface area contributed by atoms with Crippen LogP contribution < -0.4 is 9.47 Å². The maximum absolute atomic E-state index is 13.4. The normalized spacial score (nSPS) is 11.6. The summed E-state index contributed by atoms with van der Waals surface area (Å²) in [4.78, 5) is 22.4. The van der Waals surface area contributed by atoms with Gasteiger partial charge in [-0.25, -0.2) is 0 Å². The van der Waals surface area contributed by atoms with Gasteiger partial charge in [0.05, 0.1) is 14.2 Å². The lowest BCUT2D eigenvalue weighted by molar-refractivity contribution is -0.115. The number of ketones is 2. The Kier molecular flexibility index (Phi) is 12.2. The zero-order chi connectivity index (χ0) is 34.0. The molecule has 0 unspecified atom stereocenters. The molecule has 1 aliphatic carbocycles. The SMILES string of the molecule is COc1c(F)c(F)c(OC)c(C#N)c1C#N.N#CC1=C(C#N)C(=O)C(Cl)=C(Cl)C1=O.N#Cc1c(O)c(F)c(F)c(O)c1C#N. The number of allylic oxidation sites excluding steroid dienone is 4. The van der Waals surface area contributed by atoms with Crippen LogP contribution in [0.5, 0.6) is 23.0 Å². The van der Waals surface area contributed by atoms with E-state index in [9.17, 15) is 27.2 Å². The van der Waals surface area contributed by atoms with E-state index in [1.807, 2.05) is 0 Å². The molecule has 0 aromatic heterocycles. The quantitative estimate of drug-likeness (QED) is 0.267. The molecule has 44 heavy (non-hydrogen) atoms. The van der Waals surface area contributed by atoms with Crippen molar-refractivity contribution in [1.82, 2.24) is 0 Å². The third kappa shape index (κ3) is 6.44. The number of ether oxygens (including phenoxy) is 2. The lowest BCUT2D eigenvalue weighted by atomic mass is 9.96. The molecule has 0 amide bonds. The van der Waals surface area contributed by atoms with Crippen molar-refractivity contribution in [1.29, 1.82) is 31.6 Å². The number of phenols is 2. The Labute approximate surface area is 253 Å². The van der Waals surface area contributed by atoms with Crippen LogP contribution in [0, 0.1) is 91.3 Å². The van der Waals surface area contributed by atoms with Crippen LogP contribution in [0.4, 0.5) is 17.6 Å². The molecule has 2 aromatic carbocycles. The third-order valence-electron chi connectivity index (χ3n) is 5.00. The summed E-state index contributed by atoms with van der Waals surface area (Å²) in [7, 11) is 2.15. The molecule has 0 fully saturated rings. The van der Waals surface area contributed by atoms with Crippen LogP contribution in [0.2, 0.25) is 0 Å². The average Bonchev–Trinajstić information content (AvgIpc) is 3.03. The summed E-state index contributed by atoms with van der Waals surface area (Å²) in [6.45, 7) is 0. The highest BCUT2D eigenvalue weighted by Gasteiger charge is 2.33. The standard InChI is InChI=1S/C10H6F2N2O2.C8Cl2N2O2.C8H2F2N2O2/c1-15-9-5(3-13)6(4-14)10(16-2)8(12)7(9)11;2*9-5-6(10)8(14)4(2-12)3(1-11)7(5)13/h1-2H3;;13-14H. The Morgan fingerprint density at radius 2 is 0.818 bits per heavy atom. The van der Waals surface area contributed by atoms with Crippen molar-refractivity contribution in [2.45, 2.75) is 0 Å². The molecule has 3 rings (SSSR count). The van der Waals surface area contributed by atoms with Gasteiger partial charge in [0.25, 0.3) is 0 Å². The Morgan fingerprint density at radius 3 is 1.02 bits per heavy atom. The van der Waals surface area contributed by atoms with Gasteiger partial charge in [-0.05, 0) is 0 Å². The van der Waals surface area contributed by atoms with E-state index in [-0.39, 0.29) is 11.1 Å². The second kappa shape index (κ2) is 15.1. The van der Waals surface area contributed by atoms with Gasteiger partial charge in [0.15, 0.2) is 23.0 Å². The van der Waals surface area contributed by atoms with Gasteiger partial charge >= 0.3 is 0 Å². The first-order valence-electron chi connectivity index (χ1n) is 10.6.